The highest BCUT2D eigenvalue weighted by molar-refractivity contribution is 5.98. The van der Waals surface area contributed by atoms with E-state index in [2.05, 4.69) is 29.4 Å². The Hall–Kier alpha value is -1.66. The van der Waals surface area contributed by atoms with Crippen molar-refractivity contribution in [2.75, 3.05) is 0 Å². The number of oxime groups is 1. The standard InChI is InChI=1S/C15H23FN4O/c1-10-4-3-5-11(2)20(10)18-9-12-6-7-13(16)8-14(12)15(17)19-21/h6-8,10-11,18,21H,3-5,9H2,1-2H3,(H2,17,19). The first-order chi connectivity index (χ1) is 10.0. The Morgan fingerprint density at radius 3 is 2.71 bits per heavy atom. The number of nitrogens with zero attached hydrogens (tertiary/aromatic N) is 2. The van der Waals surface area contributed by atoms with Crippen molar-refractivity contribution in [1.82, 2.24) is 10.4 Å². The first-order valence-corrected chi connectivity index (χ1v) is 7.31. The van der Waals surface area contributed by atoms with E-state index in [4.69, 9.17) is 10.9 Å². The summed E-state index contributed by atoms with van der Waals surface area (Å²) in [5, 5.41) is 14.0. The van der Waals surface area contributed by atoms with Crippen molar-refractivity contribution in [2.24, 2.45) is 10.9 Å². The van der Waals surface area contributed by atoms with Gasteiger partial charge in [0.05, 0.1) is 0 Å². The van der Waals surface area contributed by atoms with Crippen LogP contribution in [-0.4, -0.2) is 28.1 Å². The summed E-state index contributed by atoms with van der Waals surface area (Å²) in [6, 6.07) is 5.25. The van der Waals surface area contributed by atoms with Crippen molar-refractivity contribution in [1.29, 1.82) is 0 Å². The number of benzene rings is 1. The first kappa shape index (κ1) is 15.7. The number of piperidine rings is 1. The van der Waals surface area contributed by atoms with Crippen molar-refractivity contribution in [3.05, 3.63) is 35.1 Å². The summed E-state index contributed by atoms with van der Waals surface area (Å²) in [5.41, 5.74) is 10.2. The molecular weight excluding hydrogens is 271 g/mol. The van der Waals surface area contributed by atoms with Crippen LogP contribution >= 0.6 is 0 Å². The van der Waals surface area contributed by atoms with Crippen molar-refractivity contribution in [2.45, 2.75) is 51.7 Å². The quantitative estimate of drug-likeness (QED) is 0.344. The van der Waals surface area contributed by atoms with Crippen LogP contribution in [0.4, 0.5) is 4.39 Å². The van der Waals surface area contributed by atoms with E-state index in [0.29, 0.717) is 24.2 Å². The molecule has 2 unspecified atom stereocenters. The lowest BCUT2D eigenvalue weighted by atomic mass is 9.99. The molecule has 1 heterocycles. The zero-order valence-corrected chi connectivity index (χ0v) is 12.5. The van der Waals surface area contributed by atoms with E-state index >= 15 is 0 Å². The predicted molar refractivity (Wildman–Crippen MR) is 80.4 cm³/mol. The minimum absolute atomic E-state index is 0.0777. The van der Waals surface area contributed by atoms with E-state index in [1.54, 1.807) is 6.07 Å². The molecule has 0 spiro atoms. The fraction of sp³-hybridized carbons (Fsp3) is 0.533. The van der Waals surface area contributed by atoms with Gasteiger partial charge in [-0.05, 0) is 44.4 Å². The van der Waals surface area contributed by atoms with Crippen molar-refractivity contribution < 1.29 is 9.60 Å². The van der Waals surface area contributed by atoms with Gasteiger partial charge in [0.1, 0.15) is 5.82 Å². The largest absolute Gasteiger partial charge is 0.409 e. The second-order valence-corrected chi connectivity index (χ2v) is 5.66. The zero-order chi connectivity index (χ0) is 15.4. The van der Waals surface area contributed by atoms with Gasteiger partial charge in [-0.15, -0.1) is 0 Å². The maximum Gasteiger partial charge on any atom is 0.170 e. The second kappa shape index (κ2) is 6.87. The smallest absolute Gasteiger partial charge is 0.170 e. The molecule has 2 rings (SSSR count). The molecule has 0 radical (unpaired) electrons. The molecule has 1 aromatic rings. The van der Waals surface area contributed by atoms with E-state index < -0.39 is 5.82 Å². The van der Waals surface area contributed by atoms with Gasteiger partial charge in [0.2, 0.25) is 0 Å². The van der Waals surface area contributed by atoms with E-state index in [-0.39, 0.29) is 5.84 Å². The molecule has 1 aromatic carbocycles. The van der Waals surface area contributed by atoms with Crippen LogP contribution in [0.3, 0.4) is 0 Å². The summed E-state index contributed by atoms with van der Waals surface area (Å²) < 4.78 is 13.3. The lowest BCUT2D eigenvalue weighted by molar-refractivity contribution is 0.0435. The van der Waals surface area contributed by atoms with E-state index in [1.165, 1.54) is 18.6 Å². The Morgan fingerprint density at radius 1 is 1.43 bits per heavy atom. The Labute approximate surface area is 124 Å². The van der Waals surface area contributed by atoms with Gasteiger partial charge in [-0.25, -0.2) is 9.40 Å². The van der Waals surface area contributed by atoms with E-state index in [9.17, 15) is 4.39 Å². The lowest BCUT2D eigenvalue weighted by Gasteiger charge is -2.39. The molecule has 1 aliphatic heterocycles. The molecule has 1 aliphatic rings. The fourth-order valence-corrected chi connectivity index (χ4v) is 2.90. The molecule has 0 amide bonds. The van der Waals surface area contributed by atoms with Gasteiger partial charge in [-0.3, -0.25) is 5.43 Å². The van der Waals surface area contributed by atoms with Crippen LogP contribution in [-0.2, 0) is 6.54 Å². The number of hydrazine groups is 1. The predicted octanol–water partition coefficient (Wildman–Crippen LogP) is 2.19. The number of hydrogen-bond acceptors (Lipinski definition) is 4. The molecule has 1 saturated heterocycles. The minimum Gasteiger partial charge on any atom is -0.409 e. The highest BCUT2D eigenvalue weighted by Crippen LogP contribution is 2.21. The molecule has 0 bridgehead atoms. The third-order valence-corrected chi connectivity index (χ3v) is 4.10. The number of halogens is 1. The maximum absolute atomic E-state index is 13.3. The zero-order valence-electron chi connectivity index (χ0n) is 12.5. The van der Waals surface area contributed by atoms with Gasteiger partial charge in [0, 0.05) is 24.2 Å². The number of rotatable bonds is 4. The van der Waals surface area contributed by atoms with Crippen LogP contribution in [0.5, 0.6) is 0 Å². The fourth-order valence-electron chi connectivity index (χ4n) is 2.90. The second-order valence-electron chi connectivity index (χ2n) is 5.66. The maximum atomic E-state index is 13.3. The summed E-state index contributed by atoms with van der Waals surface area (Å²) >= 11 is 0. The highest BCUT2D eigenvalue weighted by Gasteiger charge is 2.24. The number of nitrogens with two attached hydrogens (primary N) is 1. The highest BCUT2D eigenvalue weighted by atomic mass is 19.1. The molecule has 1 fully saturated rings. The van der Waals surface area contributed by atoms with Crippen LogP contribution in [0, 0.1) is 5.82 Å². The molecule has 2 atom stereocenters. The SMILES string of the molecule is CC1CCCC(C)N1NCc1ccc(F)cc1/C(N)=N/O. The molecule has 4 N–H and O–H groups in total. The Kier molecular flexibility index (Phi) is 5.14. The molecular formula is C15H23FN4O. The van der Waals surface area contributed by atoms with Crippen LogP contribution in [0.25, 0.3) is 0 Å². The normalized spacial score (nSPS) is 24.2. The number of nitrogens with one attached hydrogen (secondary N) is 1. The third-order valence-electron chi connectivity index (χ3n) is 4.10. The molecule has 0 saturated carbocycles. The van der Waals surface area contributed by atoms with Gasteiger partial charge in [-0.1, -0.05) is 17.6 Å². The number of hydrogen-bond donors (Lipinski definition) is 3. The minimum atomic E-state index is -0.403. The first-order valence-electron chi connectivity index (χ1n) is 7.31. The molecule has 5 nitrogen and oxygen atoms in total. The van der Waals surface area contributed by atoms with E-state index in [1.807, 2.05) is 0 Å². The Morgan fingerprint density at radius 2 is 2.10 bits per heavy atom. The van der Waals surface area contributed by atoms with Gasteiger partial charge in [0.15, 0.2) is 5.84 Å². The summed E-state index contributed by atoms with van der Waals surface area (Å²) in [4.78, 5) is 0. The van der Waals surface area contributed by atoms with Crippen molar-refractivity contribution in [3.63, 3.8) is 0 Å². The Bertz CT molecular complexity index is 510. The average molecular weight is 294 g/mol. The summed E-state index contributed by atoms with van der Waals surface area (Å²) in [5.74, 6) is -0.480. The molecule has 0 aliphatic carbocycles. The Balaban J connectivity index is 2.12. The van der Waals surface area contributed by atoms with Crippen LogP contribution in [0.2, 0.25) is 0 Å². The summed E-state index contributed by atoms with van der Waals surface area (Å²) in [7, 11) is 0. The average Bonchev–Trinajstić information content (AvgIpc) is 2.47. The molecule has 21 heavy (non-hydrogen) atoms. The van der Waals surface area contributed by atoms with Crippen molar-refractivity contribution in [3.8, 4) is 0 Å². The topological polar surface area (TPSA) is 73.9 Å². The van der Waals surface area contributed by atoms with Crippen molar-refractivity contribution >= 4 is 5.84 Å². The summed E-state index contributed by atoms with van der Waals surface area (Å²) in [6.07, 6.45) is 3.56. The molecule has 6 heteroatoms. The van der Waals surface area contributed by atoms with Gasteiger partial charge >= 0.3 is 0 Å². The van der Waals surface area contributed by atoms with Gasteiger partial charge in [-0.2, -0.15) is 0 Å². The molecule has 116 valence electrons. The van der Waals surface area contributed by atoms with Gasteiger partial charge in [0.25, 0.3) is 0 Å². The van der Waals surface area contributed by atoms with Gasteiger partial charge < -0.3 is 10.9 Å². The van der Waals surface area contributed by atoms with Crippen LogP contribution in [0.15, 0.2) is 23.4 Å². The lowest BCUT2D eigenvalue weighted by Crippen LogP contribution is -2.51. The summed E-state index contributed by atoms with van der Waals surface area (Å²) in [6.45, 7) is 4.90. The van der Waals surface area contributed by atoms with E-state index in [0.717, 1.165) is 18.4 Å². The number of amidine groups is 1. The van der Waals surface area contributed by atoms with Crippen LogP contribution in [0.1, 0.15) is 44.2 Å². The monoisotopic (exact) mass is 294 g/mol. The van der Waals surface area contributed by atoms with Crippen LogP contribution < -0.4 is 11.2 Å². The molecule has 0 aromatic heterocycles. The third kappa shape index (κ3) is 3.71.